The van der Waals surface area contributed by atoms with Crippen LogP contribution in [0, 0.1) is 0 Å². The molecule has 1 aliphatic rings. The van der Waals surface area contributed by atoms with E-state index in [1.54, 1.807) is 0 Å². The van der Waals surface area contributed by atoms with Crippen LogP contribution in [0.25, 0.3) is 66.1 Å². The van der Waals surface area contributed by atoms with Gasteiger partial charge in [0.25, 0.3) is 0 Å². The molecule has 0 saturated heterocycles. The van der Waals surface area contributed by atoms with E-state index in [0.29, 0.717) is 0 Å². The Morgan fingerprint density at radius 2 is 0.902 bits per heavy atom. The van der Waals surface area contributed by atoms with Gasteiger partial charge in [0.15, 0.2) is 0 Å². The highest BCUT2D eigenvalue weighted by Crippen LogP contribution is 2.60. The van der Waals surface area contributed by atoms with Crippen molar-refractivity contribution in [3.8, 4) is 33.4 Å². The highest BCUT2D eigenvalue weighted by atomic mass is 16.3. The molecule has 0 fully saturated rings. The summed E-state index contributed by atoms with van der Waals surface area (Å²) in [5.41, 5.74) is 16.7. The van der Waals surface area contributed by atoms with Crippen molar-refractivity contribution in [2.75, 3.05) is 4.90 Å². The van der Waals surface area contributed by atoms with E-state index in [1.807, 2.05) is 6.07 Å². The van der Waals surface area contributed by atoms with E-state index in [1.165, 1.54) is 55.3 Å². The zero-order valence-electron chi connectivity index (χ0n) is 33.4. The molecule has 12 rings (SSSR count). The molecule has 11 aromatic rings. The van der Waals surface area contributed by atoms with Gasteiger partial charge in [-0.15, -0.1) is 0 Å². The predicted octanol–water partition coefficient (Wildman–Crippen LogP) is 15.9. The lowest BCUT2D eigenvalue weighted by Gasteiger charge is -2.34. The fourth-order valence-electron chi connectivity index (χ4n) is 10.2. The van der Waals surface area contributed by atoms with Gasteiger partial charge in [-0.1, -0.05) is 194 Å². The zero-order valence-corrected chi connectivity index (χ0v) is 33.4. The van der Waals surface area contributed by atoms with Crippen LogP contribution in [0.3, 0.4) is 0 Å². The molecule has 0 unspecified atom stereocenters. The number of anilines is 3. The largest absolute Gasteiger partial charge is 0.456 e. The van der Waals surface area contributed by atoms with Crippen LogP contribution in [0.2, 0.25) is 0 Å². The van der Waals surface area contributed by atoms with Gasteiger partial charge in [-0.05, 0) is 97.7 Å². The highest BCUT2D eigenvalue weighted by Gasteiger charge is 2.47. The van der Waals surface area contributed by atoms with Crippen LogP contribution in [0.5, 0.6) is 0 Å². The fraction of sp³-hybridized carbons (Fsp3) is 0.0169. The lowest BCUT2D eigenvalue weighted by Crippen LogP contribution is -2.28. The van der Waals surface area contributed by atoms with Crippen molar-refractivity contribution in [1.82, 2.24) is 0 Å². The number of benzene rings is 10. The summed E-state index contributed by atoms with van der Waals surface area (Å²) in [4.78, 5) is 2.49. The molecule has 0 amide bonds. The highest BCUT2D eigenvalue weighted by molar-refractivity contribution is 6.08. The van der Waals surface area contributed by atoms with Gasteiger partial charge in [-0.3, -0.25) is 0 Å². The molecule has 0 saturated carbocycles. The molecule has 2 heteroatoms. The molecule has 286 valence electrons. The van der Waals surface area contributed by atoms with Crippen LogP contribution in [-0.2, 0) is 5.41 Å². The van der Waals surface area contributed by atoms with Gasteiger partial charge in [0.05, 0.1) is 16.8 Å². The third kappa shape index (κ3) is 5.43. The van der Waals surface area contributed by atoms with Gasteiger partial charge in [0.1, 0.15) is 11.2 Å². The summed E-state index contributed by atoms with van der Waals surface area (Å²) >= 11 is 0. The molecule has 0 N–H and O–H groups in total. The first-order valence-corrected chi connectivity index (χ1v) is 21.0. The molecule has 61 heavy (non-hydrogen) atoms. The molecule has 0 spiro atoms. The van der Waals surface area contributed by atoms with Gasteiger partial charge in [0.2, 0.25) is 0 Å². The van der Waals surface area contributed by atoms with Gasteiger partial charge >= 0.3 is 0 Å². The van der Waals surface area contributed by atoms with Gasteiger partial charge < -0.3 is 9.32 Å². The Morgan fingerprint density at radius 1 is 0.344 bits per heavy atom. The summed E-state index contributed by atoms with van der Waals surface area (Å²) in [6.45, 7) is 0. The van der Waals surface area contributed by atoms with Crippen molar-refractivity contribution in [3.05, 3.63) is 259 Å². The molecular formula is C59H39NO. The molecular weight excluding hydrogens is 739 g/mol. The number of fused-ring (bicyclic) bond motifs is 7. The van der Waals surface area contributed by atoms with Crippen molar-refractivity contribution in [3.63, 3.8) is 0 Å². The minimum absolute atomic E-state index is 0.535. The molecule has 1 heterocycles. The van der Waals surface area contributed by atoms with Gasteiger partial charge in [0, 0.05) is 27.6 Å². The van der Waals surface area contributed by atoms with Crippen LogP contribution >= 0.6 is 0 Å². The Morgan fingerprint density at radius 3 is 1.72 bits per heavy atom. The molecule has 1 aliphatic carbocycles. The van der Waals surface area contributed by atoms with Crippen molar-refractivity contribution in [1.29, 1.82) is 0 Å². The first-order chi connectivity index (χ1) is 30.3. The smallest absolute Gasteiger partial charge is 0.135 e. The Balaban J connectivity index is 1.14. The molecule has 1 aromatic heterocycles. The third-order valence-electron chi connectivity index (χ3n) is 12.7. The maximum Gasteiger partial charge on any atom is 0.135 e. The molecule has 0 aliphatic heterocycles. The first kappa shape index (κ1) is 35.0. The molecule has 10 aromatic carbocycles. The monoisotopic (exact) mass is 777 g/mol. The Hall–Kier alpha value is -7.94. The zero-order chi connectivity index (χ0) is 40.3. The standard InChI is InChI=1S/C59H39NO/c1-3-22-43(23-4-1)59(44-24-5-2-6-25-44)52-31-12-9-29-50(52)58-53(59)32-17-34-55(58)60(45-36-37-57-51(39-45)49-28-11-14-35-56(49)61-57)54-33-13-10-27-48(54)42-21-15-20-41(38-42)47-30-16-19-40-18-7-8-26-46(40)47/h1-39H. The van der Waals surface area contributed by atoms with Crippen LogP contribution in [0.4, 0.5) is 17.1 Å². The number of rotatable bonds is 7. The summed E-state index contributed by atoms with van der Waals surface area (Å²) in [6, 6.07) is 86.2. The maximum atomic E-state index is 6.40. The van der Waals surface area contributed by atoms with Gasteiger partial charge in [-0.2, -0.15) is 0 Å². The lowest BCUT2D eigenvalue weighted by atomic mass is 9.68. The summed E-state index contributed by atoms with van der Waals surface area (Å²) in [5, 5.41) is 4.67. The van der Waals surface area contributed by atoms with E-state index in [9.17, 15) is 0 Å². The minimum Gasteiger partial charge on any atom is -0.456 e. The average molecular weight is 778 g/mol. The summed E-state index contributed by atoms with van der Waals surface area (Å²) in [5.74, 6) is 0. The average Bonchev–Trinajstić information content (AvgIpc) is 3.86. The fourth-order valence-corrected chi connectivity index (χ4v) is 10.2. The summed E-state index contributed by atoms with van der Waals surface area (Å²) in [7, 11) is 0. The Labute approximate surface area is 355 Å². The molecule has 0 bridgehead atoms. The lowest BCUT2D eigenvalue weighted by molar-refractivity contribution is 0.669. The number of furan rings is 1. The van der Waals surface area contributed by atoms with Crippen molar-refractivity contribution in [2.24, 2.45) is 0 Å². The molecule has 0 atom stereocenters. The van der Waals surface area contributed by atoms with E-state index in [-0.39, 0.29) is 0 Å². The third-order valence-corrected chi connectivity index (χ3v) is 12.7. The maximum absolute atomic E-state index is 6.40. The van der Waals surface area contributed by atoms with E-state index < -0.39 is 5.41 Å². The second-order valence-corrected chi connectivity index (χ2v) is 16.0. The van der Waals surface area contributed by atoms with E-state index in [2.05, 4.69) is 235 Å². The van der Waals surface area contributed by atoms with Crippen molar-refractivity contribution < 1.29 is 4.42 Å². The summed E-state index contributed by atoms with van der Waals surface area (Å²) in [6.07, 6.45) is 0. The van der Waals surface area contributed by atoms with Crippen LogP contribution in [0.1, 0.15) is 22.3 Å². The SMILES string of the molecule is c1ccc(C2(c3ccccc3)c3ccccc3-c3c(N(c4ccc5oc6ccccc6c5c4)c4ccccc4-c4cccc(-c5cccc6ccccc56)c4)cccc32)cc1. The van der Waals surface area contributed by atoms with Gasteiger partial charge in [-0.25, -0.2) is 0 Å². The number of nitrogens with zero attached hydrogens (tertiary/aromatic N) is 1. The van der Waals surface area contributed by atoms with Crippen LogP contribution in [0.15, 0.2) is 241 Å². The quantitative estimate of drug-likeness (QED) is 0.160. The summed E-state index contributed by atoms with van der Waals surface area (Å²) < 4.78 is 6.40. The topological polar surface area (TPSA) is 16.4 Å². The van der Waals surface area contributed by atoms with E-state index >= 15 is 0 Å². The predicted molar refractivity (Wildman–Crippen MR) is 254 cm³/mol. The van der Waals surface area contributed by atoms with Crippen LogP contribution in [-0.4, -0.2) is 0 Å². The molecule has 2 nitrogen and oxygen atoms in total. The van der Waals surface area contributed by atoms with Crippen molar-refractivity contribution >= 4 is 49.8 Å². The minimum atomic E-state index is -0.535. The molecule has 0 radical (unpaired) electrons. The second-order valence-electron chi connectivity index (χ2n) is 16.0. The number of hydrogen-bond acceptors (Lipinski definition) is 2. The Bertz CT molecular complexity index is 3390. The van der Waals surface area contributed by atoms with E-state index in [0.717, 1.165) is 50.1 Å². The second kappa shape index (κ2) is 14.1. The normalized spacial score (nSPS) is 12.7. The number of para-hydroxylation sites is 2. The Kier molecular flexibility index (Phi) is 8.11. The first-order valence-electron chi connectivity index (χ1n) is 21.0. The van der Waals surface area contributed by atoms with E-state index in [4.69, 9.17) is 4.42 Å². The van der Waals surface area contributed by atoms with Crippen LogP contribution < -0.4 is 4.90 Å². The van der Waals surface area contributed by atoms with Crippen molar-refractivity contribution in [2.45, 2.75) is 5.41 Å². The number of hydrogen-bond donors (Lipinski definition) is 0.